The van der Waals surface area contributed by atoms with Gasteiger partial charge < -0.3 is 9.47 Å². The molecule has 0 saturated heterocycles. The fourth-order valence-corrected chi connectivity index (χ4v) is 3.89. The summed E-state index contributed by atoms with van der Waals surface area (Å²) < 4.78 is 12.0. The third kappa shape index (κ3) is 3.97. The van der Waals surface area contributed by atoms with Gasteiger partial charge in [-0.2, -0.15) is 9.78 Å². The summed E-state index contributed by atoms with van der Waals surface area (Å²) in [5.41, 5.74) is 1.48. The first-order valence-electron chi connectivity index (χ1n) is 10.4. The Kier molecular flexibility index (Phi) is 5.69. The van der Waals surface area contributed by atoms with Crippen LogP contribution in [0.25, 0.3) is 27.4 Å². The number of carbonyl (C=O) groups is 1. The number of esters is 1. The number of halogens is 1. The van der Waals surface area contributed by atoms with E-state index in [0.29, 0.717) is 33.3 Å². The summed E-state index contributed by atoms with van der Waals surface area (Å²) in [5.74, 6) is -0.00601. The van der Waals surface area contributed by atoms with E-state index in [0.717, 1.165) is 5.39 Å². The van der Waals surface area contributed by atoms with E-state index < -0.39 is 5.97 Å². The van der Waals surface area contributed by atoms with Crippen LogP contribution in [0.1, 0.15) is 16.1 Å². The Bertz CT molecular complexity index is 1600. The Hall–Kier alpha value is -4.23. The van der Waals surface area contributed by atoms with Crippen molar-refractivity contribution in [3.63, 3.8) is 0 Å². The Morgan fingerprint density at radius 2 is 1.71 bits per heavy atom. The number of hydrogen-bond acceptors (Lipinski definition) is 6. The van der Waals surface area contributed by atoms with Crippen molar-refractivity contribution in [1.29, 1.82) is 0 Å². The number of methoxy groups -OCH3 is 1. The number of nitrogens with zero attached hydrogens (tertiary/aromatic N) is 3. The van der Waals surface area contributed by atoms with Crippen LogP contribution in [0.15, 0.2) is 83.7 Å². The van der Waals surface area contributed by atoms with E-state index in [1.165, 1.54) is 4.68 Å². The van der Waals surface area contributed by atoms with Gasteiger partial charge in [0.15, 0.2) is 5.69 Å². The first kappa shape index (κ1) is 21.6. The Labute approximate surface area is 199 Å². The number of aromatic nitrogens is 3. The fraction of sp³-hybridized carbons (Fsp3) is 0.0769. The molecule has 0 radical (unpaired) electrons. The number of pyridine rings is 1. The van der Waals surface area contributed by atoms with E-state index in [1.54, 1.807) is 61.7 Å². The third-order valence-corrected chi connectivity index (χ3v) is 5.74. The van der Waals surface area contributed by atoms with Gasteiger partial charge in [-0.15, -0.1) is 0 Å². The highest BCUT2D eigenvalue weighted by Gasteiger charge is 2.19. The molecule has 2 heterocycles. The molecule has 0 aliphatic carbocycles. The van der Waals surface area contributed by atoms with Gasteiger partial charge in [-0.05, 0) is 36.4 Å². The van der Waals surface area contributed by atoms with Crippen molar-refractivity contribution in [2.24, 2.45) is 0 Å². The molecule has 34 heavy (non-hydrogen) atoms. The van der Waals surface area contributed by atoms with E-state index in [-0.39, 0.29) is 23.0 Å². The fourth-order valence-electron chi connectivity index (χ4n) is 3.69. The predicted octanol–water partition coefficient (Wildman–Crippen LogP) is 4.95. The number of rotatable bonds is 5. The second kappa shape index (κ2) is 8.96. The summed E-state index contributed by atoms with van der Waals surface area (Å²) in [4.78, 5) is 30.5. The Morgan fingerprint density at radius 1 is 0.971 bits per heavy atom. The second-order valence-corrected chi connectivity index (χ2v) is 7.88. The number of fused-ring (bicyclic) bond motifs is 2. The standard InChI is InChI=1S/C26H18ClN3O4/c1-33-19-12-11-16-13-17(24(27)28-22(16)14-19)15-34-26(32)23-20-9-5-6-10-21(20)25(31)30(29-23)18-7-3-2-4-8-18/h2-14H,15H2,1H3. The normalized spacial score (nSPS) is 11.0. The summed E-state index contributed by atoms with van der Waals surface area (Å²) in [6.07, 6.45) is 0. The van der Waals surface area contributed by atoms with Crippen molar-refractivity contribution in [2.75, 3.05) is 7.11 Å². The van der Waals surface area contributed by atoms with Gasteiger partial charge in [0.25, 0.3) is 5.56 Å². The van der Waals surface area contributed by atoms with E-state index >= 15 is 0 Å². The number of hydrogen-bond donors (Lipinski definition) is 0. The van der Waals surface area contributed by atoms with Crippen LogP contribution < -0.4 is 10.3 Å². The molecule has 168 valence electrons. The highest BCUT2D eigenvalue weighted by molar-refractivity contribution is 6.30. The van der Waals surface area contributed by atoms with Crippen molar-refractivity contribution in [2.45, 2.75) is 6.61 Å². The average molecular weight is 472 g/mol. The lowest BCUT2D eigenvalue weighted by Gasteiger charge is -2.12. The van der Waals surface area contributed by atoms with Crippen molar-refractivity contribution in [3.8, 4) is 11.4 Å². The molecular formula is C26H18ClN3O4. The maximum absolute atomic E-state index is 13.1. The van der Waals surface area contributed by atoms with Gasteiger partial charge in [-0.3, -0.25) is 4.79 Å². The number of ether oxygens (including phenoxy) is 2. The topological polar surface area (TPSA) is 83.3 Å². The summed E-state index contributed by atoms with van der Waals surface area (Å²) in [6, 6.07) is 23.0. The zero-order valence-corrected chi connectivity index (χ0v) is 18.8. The molecule has 5 rings (SSSR count). The van der Waals surface area contributed by atoms with Gasteiger partial charge in [-0.25, -0.2) is 9.78 Å². The lowest BCUT2D eigenvalue weighted by molar-refractivity contribution is 0.0466. The number of carbonyl (C=O) groups excluding carboxylic acids is 1. The molecule has 0 unspecified atom stereocenters. The molecular weight excluding hydrogens is 454 g/mol. The SMILES string of the molecule is COc1ccc2cc(COC(=O)c3nn(-c4ccccc4)c(=O)c4ccccc34)c(Cl)nc2c1. The van der Waals surface area contributed by atoms with Crippen molar-refractivity contribution in [1.82, 2.24) is 14.8 Å². The summed E-state index contributed by atoms with van der Waals surface area (Å²) in [5, 5.41) is 6.18. The lowest BCUT2D eigenvalue weighted by Crippen LogP contribution is -2.25. The maximum Gasteiger partial charge on any atom is 0.359 e. The molecule has 0 spiro atoms. The third-order valence-electron chi connectivity index (χ3n) is 5.41. The van der Waals surface area contributed by atoms with Gasteiger partial charge in [0.1, 0.15) is 17.5 Å². The summed E-state index contributed by atoms with van der Waals surface area (Å²) >= 11 is 6.35. The van der Waals surface area contributed by atoms with Crippen molar-refractivity contribution >= 4 is 39.2 Å². The van der Waals surface area contributed by atoms with Crippen LogP contribution in [-0.2, 0) is 11.3 Å². The zero-order chi connectivity index (χ0) is 23.7. The zero-order valence-electron chi connectivity index (χ0n) is 18.1. The molecule has 7 nitrogen and oxygen atoms in total. The minimum Gasteiger partial charge on any atom is -0.497 e. The monoisotopic (exact) mass is 471 g/mol. The number of para-hydroxylation sites is 1. The number of benzene rings is 3. The second-order valence-electron chi connectivity index (χ2n) is 7.52. The van der Waals surface area contributed by atoms with E-state index in [4.69, 9.17) is 21.1 Å². The first-order valence-corrected chi connectivity index (χ1v) is 10.8. The minimum atomic E-state index is -0.674. The predicted molar refractivity (Wildman–Crippen MR) is 130 cm³/mol. The maximum atomic E-state index is 13.1. The van der Waals surface area contributed by atoms with Gasteiger partial charge in [0.2, 0.25) is 0 Å². The van der Waals surface area contributed by atoms with Crippen LogP contribution in [0, 0.1) is 0 Å². The van der Waals surface area contributed by atoms with Gasteiger partial charge in [0, 0.05) is 22.4 Å². The summed E-state index contributed by atoms with van der Waals surface area (Å²) in [6.45, 7) is -0.104. The van der Waals surface area contributed by atoms with Crippen LogP contribution in [0.3, 0.4) is 0 Å². The van der Waals surface area contributed by atoms with Crippen LogP contribution in [-0.4, -0.2) is 27.8 Å². The average Bonchev–Trinajstić information content (AvgIpc) is 2.88. The molecule has 2 aromatic heterocycles. The van der Waals surface area contributed by atoms with Crippen LogP contribution >= 0.6 is 11.6 Å². The largest absolute Gasteiger partial charge is 0.497 e. The molecule has 0 saturated carbocycles. The van der Waals surface area contributed by atoms with Crippen molar-refractivity contribution in [3.05, 3.63) is 106 Å². The molecule has 0 N–H and O–H groups in total. The molecule has 0 fully saturated rings. The van der Waals surface area contributed by atoms with Gasteiger partial charge in [-0.1, -0.05) is 48.0 Å². The molecule has 0 aliphatic heterocycles. The molecule has 0 atom stereocenters. The molecule has 0 amide bonds. The van der Waals surface area contributed by atoms with E-state index in [1.807, 2.05) is 24.3 Å². The van der Waals surface area contributed by atoms with Crippen molar-refractivity contribution < 1.29 is 14.3 Å². The van der Waals surface area contributed by atoms with Gasteiger partial charge >= 0.3 is 5.97 Å². The smallest absolute Gasteiger partial charge is 0.359 e. The van der Waals surface area contributed by atoms with E-state index in [2.05, 4.69) is 10.1 Å². The molecule has 0 aliphatic rings. The van der Waals surface area contributed by atoms with Crippen LogP contribution in [0.5, 0.6) is 5.75 Å². The van der Waals surface area contributed by atoms with Crippen LogP contribution in [0.4, 0.5) is 0 Å². The van der Waals surface area contributed by atoms with Gasteiger partial charge in [0.05, 0.1) is 23.7 Å². The highest BCUT2D eigenvalue weighted by atomic mass is 35.5. The first-order chi connectivity index (χ1) is 16.5. The molecule has 0 bridgehead atoms. The summed E-state index contributed by atoms with van der Waals surface area (Å²) in [7, 11) is 1.58. The molecule has 8 heteroatoms. The minimum absolute atomic E-state index is 0.0358. The molecule has 5 aromatic rings. The molecule has 3 aromatic carbocycles. The quantitative estimate of drug-likeness (QED) is 0.266. The Morgan fingerprint density at radius 3 is 2.47 bits per heavy atom. The highest BCUT2D eigenvalue weighted by Crippen LogP contribution is 2.25. The lowest BCUT2D eigenvalue weighted by atomic mass is 10.1. The van der Waals surface area contributed by atoms with Crippen LogP contribution in [0.2, 0.25) is 5.15 Å². The van der Waals surface area contributed by atoms with E-state index in [9.17, 15) is 9.59 Å². The Balaban J connectivity index is 1.50.